The molecule has 0 aliphatic heterocycles. The van der Waals surface area contributed by atoms with Gasteiger partial charge in [0, 0.05) is 12.6 Å². The first-order valence-electron chi connectivity index (χ1n) is 8.75. The van der Waals surface area contributed by atoms with Crippen LogP contribution in [0.1, 0.15) is 25.0 Å². The number of carbonyl (C=O) groups is 1. The number of rotatable bonds is 9. The summed E-state index contributed by atoms with van der Waals surface area (Å²) in [5, 5.41) is 12.1. The van der Waals surface area contributed by atoms with Gasteiger partial charge in [-0.05, 0) is 61.7 Å². The number of nitrogens with one attached hydrogen (secondary N) is 1. The van der Waals surface area contributed by atoms with Crippen molar-refractivity contribution in [3.8, 4) is 17.2 Å². The molecule has 0 unspecified atom stereocenters. The minimum absolute atomic E-state index is 0.158. The molecule has 5 nitrogen and oxygen atoms in total. The van der Waals surface area contributed by atoms with Crippen molar-refractivity contribution in [2.45, 2.75) is 20.3 Å². The van der Waals surface area contributed by atoms with Crippen molar-refractivity contribution in [2.75, 3.05) is 19.8 Å². The normalized spacial score (nSPS) is 10.7. The number of phenols is 1. The highest BCUT2D eigenvalue weighted by Gasteiger charge is 2.06. The summed E-state index contributed by atoms with van der Waals surface area (Å²) in [6.07, 6.45) is 3.89. The third-order valence-corrected chi connectivity index (χ3v) is 3.64. The van der Waals surface area contributed by atoms with Gasteiger partial charge in [0.15, 0.2) is 11.5 Å². The third-order valence-electron chi connectivity index (χ3n) is 3.64. The molecule has 0 aliphatic rings. The molecule has 0 saturated heterocycles. The van der Waals surface area contributed by atoms with Crippen LogP contribution in [0.25, 0.3) is 6.08 Å². The molecule has 5 heteroatoms. The van der Waals surface area contributed by atoms with Crippen LogP contribution in [-0.4, -0.2) is 30.8 Å². The van der Waals surface area contributed by atoms with Crippen LogP contribution in [-0.2, 0) is 11.2 Å². The molecule has 26 heavy (non-hydrogen) atoms. The molecule has 0 saturated carbocycles. The van der Waals surface area contributed by atoms with Gasteiger partial charge in [-0.15, -0.1) is 0 Å². The molecule has 2 N–H and O–H groups in total. The second kappa shape index (κ2) is 10.1. The predicted molar refractivity (Wildman–Crippen MR) is 103 cm³/mol. The van der Waals surface area contributed by atoms with E-state index < -0.39 is 0 Å². The summed E-state index contributed by atoms with van der Waals surface area (Å²) in [6.45, 7) is 5.55. The zero-order chi connectivity index (χ0) is 18.8. The number of ether oxygens (including phenoxy) is 2. The topological polar surface area (TPSA) is 67.8 Å². The van der Waals surface area contributed by atoms with E-state index in [9.17, 15) is 9.90 Å². The van der Waals surface area contributed by atoms with E-state index in [-0.39, 0.29) is 11.7 Å². The Labute approximate surface area is 154 Å². The fourth-order valence-corrected chi connectivity index (χ4v) is 2.40. The van der Waals surface area contributed by atoms with Gasteiger partial charge in [-0.2, -0.15) is 0 Å². The van der Waals surface area contributed by atoms with Gasteiger partial charge in [0.05, 0.1) is 13.2 Å². The molecule has 0 spiro atoms. The van der Waals surface area contributed by atoms with E-state index in [1.165, 1.54) is 6.08 Å². The Hall–Kier alpha value is -2.95. The van der Waals surface area contributed by atoms with Gasteiger partial charge >= 0.3 is 0 Å². The molecule has 0 radical (unpaired) electrons. The van der Waals surface area contributed by atoms with Crippen molar-refractivity contribution in [3.63, 3.8) is 0 Å². The van der Waals surface area contributed by atoms with E-state index in [4.69, 9.17) is 9.47 Å². The van der Waals surface area contributed by atoms with Crippen molar-refractivity contribution < 1.29 is 19.4 Å². The minimum atomic E-state index is -0.158. The van der Waals surface area contributed by atoms with Crippen LogP contribution in [0.5, 0.6) is 17.2 Å². The second-order valence-corrected chi connectivity index (χ2v) is 5.61. The van der Waals surface area contributed by atoms with Crippen molar-refractivity contribution in [3.05, 3.63) is 59.7 Å². The number of amides is 1. The maximum absolute atomic E-state index is 11.9. The van der Waals surface area contributed by atoms with E-state index in [0.29, 0.717) is 26.2 Å². The largest absolute Gasteiger partial charge is 0.508 e. The fourth-order valence-electron chi connectivity index (χ4n) is 2.40. The average Bonchev–Trinajstić information content (AvgIpc) is 2.64. The van der Waals surface area contributed by atoms with Gasteiger partial charge < -0.3 is 19.9 Å². The van der Waals surface area contributed by atoms with E-state index in [1.807, 2.05) is 32.0 Å². The Morgan fingerprint density at radius 2 is 1.73 bits per heavy atom. The van der Waals surface area contributed by atoms with Crippen LogP contribution >= 0.6 is 0 Å². The average molecular weight is 355 g/mol. The maximum Gasteiger partial charge on any atom is 0.244 e. The summed E-state index contributed by atoms with van der Waals surface area (Å²) in [5.41, 5.74) is 1.92. The number of hydrogen-bond donors (Lipinski definition) is 2. The molecule has 0 heterocycles. The predicted octanol–water partition coefficient (Wildman–Crippen LogP) is 3.56. The molecule has 138 valence electrons. The van der Waals surface area contributed by atoms with E-state index in [1.54, 1.807) is 30.3 Å². The fraction of sp³-hybridized carbons (Fsp3) is 0.286. The molecule has 2 rings (SSSR count). The van der Waals surface area contributed by atoms with Crippen molar-refractivity contribution in [1.82, 2.24) is 5.32 Å². The Morgan fingerprint density at radius 1 is 1.04 bits per heavy atom. The highest BCUT2D eigenvalue weighted by Crippen LogP contribution is 2.28. The van der Waals surface area contributed by atoms with Crippen LogP contribution in [0.15, 0.2) is 48.5 Å². The Kier molecular flexibility index (Phi) is 7.55. The number of hydrogen-bond acceptors (Lipinski definition) is 4. The second-order valence-electron chi connectivity index (χ2n) is 5.61. The lowest BCUT2D eigenvalue weighted by Crippen LogP contribution is -2.23. The standard InChI is InChI=1S/C21H25NO4/c1-3-25-19-11-7-17(15-20(19)26-4-2)13-14-22-21(24)12-8-16-5-9-18(23)10-6-16/h5-12,15,23H,3-4,13-14H2,1-2H3,(H,22,24)/b12-8+. The monoisotopic (exact) mass is 355 g/mol. The molecule has 0 atom stereocenters. The molecule has 0 bridgehead atoms. The van der Waals surface area contributed by atoms with Gasteiger partial charge in [0.25, 0.3) is 0 Å². The third kappa shape index (κ3) is 6.16. The molecule has 0 fully saturated rings. The Morgan fingerprint density at radius 3 is 2.42 bits per heavy atom. The van der Waals surface area contributed by atoms with Gasteiger partial charge in [0.2, 0.25) is 5.91 Å². The number of aromatic hydroxyl groups is 1. The van der Waals surface area contributed by atoms with Gasteiger partial charge in [-0.1, -0.05) is 18.2 Å². The van der Waals surface area contributed by atoms with E-state index in [0.717, 1.165) is 22.6 Å². The molecule has 0 aliphatic carbocycles. The lowest BCUT2D eigenvalue weighted by atomic mass is 10.1. The molecular formula is C21H25NO4. The van der Waals surface area contributed by atoms with Crippen molar-refractivity contribution in [2.24, 2.45) is 0 Å². The molecule has 2 aromatic rings. The van der Waals surface area contributed by atoms with Gasteiger partial charge in [0.1, 0.15) is 5.75 Å². The van der Waals surface area contributed by atoms with Crippen LogP contribution in [0.3, 0.4) is 0 Å². The number of benzene rings is 2. The molecule has 1 amide bonds. The van der Waals surface area contributed by atoms with E-state index in [2.05, 4.69) is 5.32 Å². The van der Waals surface area contributed by atoms with Crippen molar-refractivity contribution in [1.29, 1.82) is 0 Å². The number of carbonyl (C=O) groups excluding carboxylic acids is 1. The summed E-state index contributed by atoms with van der Waals surface area (Å²) in [6, 6.07) is 12.5. The highest BCUT2D eigenvalue weighted by molar-refractivity contribution is 5.91. The first-order valence-corrected chi connectivity index (χ1v) is 8.75. The summed E-state index contributed by atoms with van der Waals surface area (Å²) in [4.78, 5) is 11.9. The summed E-state index contributed by atoms with van der Waals surface area (Å²) < 4.78 is 11.2. The lowest BCUT2D eigenvalue weighted by molar-refractivity contribution is -0.116. The Bertz CT molecular complexity index is 738. The summed E-state index contributed by atoms with van der Waals surface area (Å²) in [7, 11) is 0. The van der Waals surface area contributed by atoms with Crippen molar-refractivity contribution >= 4 is 12.0 Å². The molecular weight excluding hydrogens is 330 g/mol. The van der Waals surface area contributed by atoms with E-state index >= 15 is 0 Å². The van der Waals surface area contributed by atoms with Gasteiger partial charge in [-0.3, -0.25) is 4.79 Å². The minimum Gasteiger partial charge on any atom is -0.508 e. The molecule has 0 aromatic heterocycles. The Balaban J connectivity index is 1.85. The van der Waals surface area contributed by atoms with Crippen LogP contribution in [0.2, 0.25) is 0 Å². The SMILES string of the molecule is CCOc1ccc(CCNC(=O)/C=C/c2ccc(O)cc2)cc1OCC. The summed E-state index contributed by atoms with van der Waals surface area (Å²) in [5.74, 6) is 1.51. The smallest absolute Gasteiger partial charge is 0.244 e. The molecule has 2 aromatic carbocycles. The van der Waals surface area contributed by atoms with Crippen LogP contribution < -0.4 is 14.8 Å². The van der Waals surface area contributed by atoms with Crippen LogP contribution in [0, 0.1) is 0 Å². The maximum atomic E-state index is 11.9. The first kappa shape index (κ1) is 19.4. The van der Waals surface area contributed by atoms with Crippen LogP contribution in [0.4, 0.5) is 0 Å². The lowest BCUT2D eigenvalue weighted by Gasteiger charge is -2.12. The highest BCUT2D eigenvalue weighted by atomic mass is 16.5. The summed E-state index contributed by atoms with van der Waals surface area (Å²) >= 11 is 0. The van der Waals surface area contributed by atoms with Gasteiger partial charge in [-0.25, -0.2) is 0 Å². The zero-order valence-electron chi connectivity index (χ0n) is 15.2. The zero-order valence-corrected chi connectivity index (χ0v) is 15.2. The first-order chi connectivity index (χ1) is 12.6. The number of phenolic OH excluding ortho intramolecular Hbond substituents is 1. The quantitative estimate of drug-likeness (QED) is 0.675.